The molecular formula is C14H12BrClN2O2. The Morgan fingerprint density at radius 1 is 1.40 bits per heavy atom. The van der Waals surface area contributed by atoms with Gasteiger partial charge in [0.15, 0.2) is 0 Å². The smallest absolute Gasteiger partial charge is 0.258 e. The van der Waals surface area contributed by atoms with E-state index < -0.39 is 0 Å². The van der Waals surface area contributed by atoms with Gasteiger partial charge in [-0.05, 0) is 53.2 Å². The molecule has 0 aliphatic rings. The van der Waals surface area contributed by atoms with Gasteiger partial charge < -0.3 is 10.1 Å². The van der Waals surface area contributed by atoms with Crippen molar-refractivity contribution in [3.8, 4) is 5.75 Å². The predicted octanol–water partition coefficient (Wildman–Crippen LogP) is 4.15. The zero-order chi connectivity index (χ0) is 14.5. The van der Waals surface area contributed by atoms with E-state index in [-0.39, 0.29) is 11.1 Å². The fourth-order valence-electron chi connectivity index (χ4n) is 1.58. The minimum absolute atomic E-state index is 0.164. The Bertz CT molecular complexity index is 617. The Kier molecular flexibility index (Phi) is 4.98. The summed E-state index contributed by atoms with van der Waals surface area (Å²) < 4.78 is 6.03. The standard InChI is InChI=1S/C14H12BrClN2O2/c1-2-20-11-5-3-10(4-6-11)18-14(19)12-7-9(15)8-17-13(12)16/h3-8H,2H2,1H3,(H,18,19). The van der Waals surface area contributed by atoms with Crippen LogP contribution in [0.4, 0.5) is 5.69 Å². The summed E-state index contributed by atoms with van der Waals surface area (Å²) in [6.07, 6.45) is 1.54. The maximum absolute atomic E-state index is 12.1. The molecule has 0 atom stereocenters. The summed E-state index contributed by atoms with van der Waals surface area (Å²) in [5.41, 5.74) is 0.976. The monoisotopic (exact) mass is 354 g/mol. The van der Waals surface area contributed by atoms with E-state index in [1.165, 1.54) is 6.20 Å². The van der Waals surface area contributed by atoms with E-state index in [0.717, 1.165) is 5.75 Å². The topological polar surface area (TPSA) is 51.2 Å². The highest BCUT2D eigenvalue weighted by atomic mass is 79.9. The first kappa shape index (κ1) is 14.8. The van der Waals surface area contributed by atoms with Crippen molar-refractivity contribution in [3.63, 3.8) is 0 Å². The molecule has 1 aromatic heterocycles. The van der Waals surface area contributed by atoms with Gasteiger partial charge in [0.2, 0.25) is 0 Å². The number of nitrogens with zero attached hydrogens (tertiary/aromatic N) is 1. The molecular weight excluding hydrogens is 344 g/mol. The second kappa shape index (κ2) is 6.72. The summed E-state index contributed by atoms with van der Waals surface area (Å²) in [6.45, 7) is 2.52. The first-order chi connectivity index (χ1) is 9.60. The lowest BCUT2D eigenvalue weighted by molar-refractivity contribution is 0.102. The molecule has 2 rings (SSSR count). The van der Waals surface area contributed by atoms with Crippen LogP contribution in [-0.2, 0) is 0 Å². The molecule has 1 amide bonds. The van der Waals surface area contributed by atoms with Gasteiger partial charge in [-0.25, -0.2) is 4.98 Å². The molecule has 0 saturated heterocycles. The van der Waals surface area contributed by atoms with Gasteiger partial charge in [0, 0.05) is 16.4 Å². The van der Waals surface area contributed by atoms with Gasteiger partial charge in [-0.3, -0.25) is 4.79 Å². The maximum Gasteiger partial charge on any atom is 0.258 e. The first-order valence-corrected chi connectivity index (χ1v) is 7.12. The van der Waals surface area contributed by atoms with Crippen LogP contribution in [0.1, 0.15) is 17.3 Å². The highest BCUT2D eigenvalue weighted by Gasteiger charge is 2.12. The quantitative estimate of drug-likeness (QED) is 0.838. The Hall–Kier alpha value is -1.59. The number of ether oxygens (including phenoxy) is 1. The third-order valence-electron chi connectivity index (χ3n) is 2.47. The number of carbonyl (C=O) groups is 1. The number of pyridine rings is 1. The second-order valence-electron chi connectivity index (χ2n) is 3.90. The zero-order valence-corrected chi connectivity index (χ0v) is 13.0. The SMILES string of the molecule is CCOc1ccc(NC(=O)c2cc(Br)cnc2Cl)cc1. The van der Waals surface area contributed by atoms with E-state index in [9.17, 15) is 4.79 Å². The van der Waals surface area contributed by atoms with Crippen molar-refractivity contribution in [2.24, 2.45) is 0 Å². The van der Waals surface area contributed by atoms with Crippen molar-refractivity contribution in [1.29, 1.82) is 0 Å². The molecule has 0 bridgehead atoms. The van der Waals surface area contributed by atoms with Crippen LogP contribution in [0.15, 0.2) is 41.0 Å². The first-order valence-electron chi connectivity index (χ1n) is 5.95. The number of anilines is 1. The van der Waals surface area contributed by atoms with Gasteiger partial charge in [-0.2, -0.15) is 0 Å². The summed E-state index contributed by atoms with van der Waals surface area (Å²) in [5, 5.41) is 2.92. The summed E-state index contributed by atoms with van der Waals surface area (Å²) in [7, 11) is 0. The number of aromatic nitrogens is 1. The number of hydrogen-bond donors (Lipinski definition) is 1. The number of amides is 1. The van der Waals surface area contributed by atoms with E-state index >= 15 is 0 Å². The van der Waals surface area contributed by atoms with Gasteiger partial charge in [-0.1, -0.05) is 11.6 Å². The van der Waals surface area contributed by atoms with Crippen LogP contribution in [-0.4, -0.2) is 17.5 Å². The fraction of sp³-hybridized carbons (Fsp3) is 0.143. The lowest BCUT2D eigenvalue weighted by atomic mass is 10.2. The Balaban J connectivity index is 2.13. The van der Waals surface area contributed by atoms with Crippen LogP contribution >= 0.6 is 27.5 Å². The minimum atomic E-state index is -0.312. The second-order valence-corrected chi connectivity index (χ2v) is 5.18. The number of rotatable bonds is 4. The van der Waals surface area contributed by atoms with Crippen molar-refractivity contribution in [2.75, 3.05) is 11.9 Å². The third kappa shape index (κ3) is 3.71. The predicted molar refractivity (Wildman–Crippen MR) is 82.5 cm³/mol. The van der Waals surface area contributed by atoms with Gasteiger partial charge in [0.1, 0.15) is 10.9 Å². The van der Waals surface area contributed by atoms with Gasteiger partial charge in [0.25, 0.3) is 5.91 Å². The molecule has 6 heteroatoms. The van der Waals surface area contributed by atoms with E-state index in [4.69, 9.17) is 16.3 Å². The molecule has 0 spiro atoms. The number of nitrogens with one attached hydrogen (secondary N) is 1. The molecule has 1 heterocycles. The van der Waals surface area contributed by atoms with Crippen LogP contribution in [0.25, 0.3) is 0 Å². The number of halogens is 2. The molecule has 1 N–H and O–H groups in total. The molecule has 104 valence electrons. The van der Waals surface area contributed by atoms with E-state index in [1.54, 1.807) is 30.3 Å². The van der Waals surface area contributed by atoms with E-state index in [0.29, 0.717) is 22.3 Å². The molecule has 0 fully saturated rings. The molecule has 1 aromatic carbocycles. The summed E-state index contributed by atoms with van der Waals surface area (Å²) in [4.78, 5) is 16.0. The minimum Gasteiger partial charge on any atom is -0.494 e. The molecule has 0 aliphatic carbocycles. The molecule has 4 nitrogen and oxygen atoms in total. The third-order valence-corrected chi connectivity index (χ3v) is 3.21. The van der Waals surface area contributed by atoms with E-state index in [2.05, 4.69) is 26.2 Å². The van der Waals surface area contributed by atoms with Crippen LogP contribution in [0.5, 0.6) is 5.75 Å². The van der Waals surface area contributed by atoms with Gasteiger partial charge in [0.05, 0.1) is 12.2 Å². The molecule has 0 unspecified atom stereocenters. The van der Waals surface area contributed by atoms with Crippen LogP contribution in [0.2, 0.25) is 5.15 Å². The normalized spacial score (nSPS) is 10.2. The molecule has 0 aliphatic heterocycles. The van der Waals surface area contributed by atoms with Crippen LogP contribution in [0, 0.1) is 0 Å². The lowest BCUT2D eigenvalue weighted by Gasteiger charge is -2.08. The average molecular weight is 356 g/mol. The van der Waals surface area contributed by atoms with Crippen molar-refractivity contribution in [3.05, 3.63) is 51.7 Å². The molecule has 20 heavy (non-hydrogen) atoms. The highest BCUT2D eigenvalue weighted by Crippen LogP contribution is 2.21. The number of hydrogen-bond acceptors (Lipinski definition) is 3. The number of benzene rings is 1. The van der Waals surface area contributed by atoms with Crippen molar-refractivity contribution < 1.29 is 9.53 Å². The van der Waals surface area contributed by atoms with Crippen molar-refractivity contribution >= 4 is 39.1 Å². The summed E-state index contributed by atoms with van der Waals surface area (Å²) in [6, 6.07) is 8.74. The zero-order valence-electron chi connectivity index (χ0n) is 10.7. The summed E-state index contributed by atoms with van der Waals surface area (Å²) >= 11 is 9.17. The van der Waals surface area contributed by atoms with Gasteiger partial charge >= 0.3 is 0 Å². The van der Waals surface area contributed by atoms with Crippen LogP contribution < -0.4 is 10.1 Å². The van der Waals surface area contributed by atoms with Crippen molar-refractivity contribution in [2.45, 2.75) is 6.92 Å². The average Bonchev–Trinajstić information content (AvgIpc) is 2.44. The van der Waals surface area contributed by atoms with E-state index in [1.807, 2.05) is 6.92 Å². The largest absolute Gasteiger partial charge is 0.494 e. The van der Waals surface area contributed by atoms with Crippen molar-refractivity contribution in [1.82, 2.24) is 4.98 Å². The van der Waals surface area contributed by atoms with Gasteiger partial charge in [-0.15, -0.1) is 0 Å². The lowest BCUT2D eigenvalue weighted by Crippen LogP contribution is -2.13. The molecule has 2 aromatic rings. The Morgan fingerprint density at radius 3 is 2.75 bits per heavy atom. The highest BCUT2D eigenvalue weighted by molar-refractivity contribution is 9.10. The molecule has 0 radical (unpaired) electrons. The maximum atomic E-state index is 12.1. The van der Waals surface area contributed by atoms with Crippen LogP contribution in [0.3, 0.4) is 0 Å². The fourth-order valence-corrected chi connectivity index (χ4v) is 2.10. The summed E-state index contributed by atoms with van der Waals surface area (Å²) in [5.74, 6) is 0.445. The Morgan fingerprint density at radius 2 is 2.10 bits per heavy atom. The number of carbonyl (C=O) groups excluding carboxylic acids is 1. The molecule has 0 saturated carbocycles. The Labute approximate surface area is 130 Å².